The maximum atomic E-state index is 12.2. The van der Waals surface area contributed by atoms with Gasteiger partial charge in [-0.15, -0.1) is 11.3 Å². The van der Waals surface area contributed by atoms with Crippen LogP contribution < -0.4 is 5.32 Å². The van der Waals surface area contributed by atoms with E-state index in [0.717, 1.165) is 10.4 Å². The van der Waals surface area contributed by atoms with Crippen molar-refractivity contribution in [3.05, 3.63) is 82.6 Å². The molecule has 4 aromatic rings. The van der Waals surface area contributed by atoms with Crippen LogP contribution in [0.3, 0.4) is 0 Å². The zero-order valence-corrected chi connectivity index (χ0v) is 15.0. The Morgan fingerprint density at radius 3 is 2.89 bits per heavy atom. The summed E-state index contributed by atoms with van der Waals surface area (Å²) in [7, 11) is 0. The summed E-state index contributed by atoms with van der Waals surface area (Å²) in [5.74, 6) is 1.19. The van der Waals surface area contributed by atoms with E-state index in [1.807, 2.05) is 41.8 Å². The van der Waals surface area contributed by atoms with E-state index < -0.39 is 0 Å². The number of thiophene rings is 1. The van der Waals surface area contributed by atoms with Crippen molar-refractivity contribution in [1.82, 2.24) is 10.1 Å². The van der Waals surface area contributed by atoms with Gasteiger partial charge in [0.1, 0.15) is 0 Å². The summed E-state index contributed by atoms with van der Waals surface area (Å²) in [6.07, 6.45) is 5.26. The minimum atomic E-state index is -0.197. The highest BCUT2D eigenvalue weighted by molar-refractivity contribution is 7.10. The van der Waals surface area contributed by atoms with Crippen LogP contribution in [0.5, 0.6) is 0 Å². The van der Waals surface area contributed by atoms with Gasteiger partial charge in [-0.3, -0.25) is 4.79 Å². The Morgan fingerprint density at radius 1 is 1.15 bits per heavy atom. The van der Waals surface area contributed by atoms with Crippen LogP contribution in [-0.2, 0) is 11.2 Å². The summed E-state index contributed by atoms with van der Waals surface area (Å²) in [5, 5.41) is 8.79. The van der Waals surface area contributed by atoms with Gasteiger partial charge in [-0.25, -0.2) is 0 Å². The fourth-order valence-electron chi connectivity index (χ4n) is 2.51. The van der Waals surface area contributed by atoms with Gasteiger partial charge in [0.15, 0.2) is 5.76 Å². The maximum absolute atomic E-state index is 12.2. The highest BCUT2D eigenvalue weighted by Crippen LogP contribution is 2.21. The van der Waals surface area contributed by atoms with Gasteiger partial charge in [-0.1, -0.05) is 29.4 Å². The van der Waals surface area contributed by atoms with Gasteiger partial charge in [0.05, 0.1) is 12.7 Å². The maximum Gasteiger partial charge on any atom is 0.248 e. The summed E-state index contributed by atoms with van der Waals surface area (Å²) in [6.45, 7) is 0. The molecule has 0 aliphatic carbocycles. The third-order valence-corrected chi connectivity index (χ3v) is 4.61. The number of nitrogens with one attached hydrogen (secondary N) is 1. The summed E-state index contributed by atoms with van der Waals surface area (Å²) < 4.78 is 10.6. The number of rotatable bonds is 6. The van der Waals surface area contributed by atoms with E-state index in [0.29, 0.717) is 29.6 Å². The van der Waals surface area contributed by atoms with Gasteiger partial charge >= 0.3 is 0 Å². The first kappa shape index (κ1) is 17.0. The van der Waals surface area contributed by atoms with Crippen molar-refractivity contribution < 1.29 is 13.7 Å². The molecule has 0 aliphatic heterocycles. The second-order valence-corrected chi connectivity index (χ2v) is 6.64. The van der Waals surface area contributed by atoms with Crippen molar-refractivity contribution in [2.24, 2.45) is 0 Å². The summed E-state index contributed by atoms with van der Waals surface area (Å²) in [5.41, 5.74) is 1.58. The van der Waals surface area contributed by atoms with E-state index in [1.165, 1.54) is 6.08 Å². The van der Waals surface area contributed by atoms with Crippen molar-refractivity contribution in [2.75, 3.05) is 5.32 Å². The number of amides is 1. The van der Waals surface area contributed by atoms with Crippen LogP contribution in [0.4, 0.5) is 5.69 Å². The zero-order chi connectivity index (χ0) is 18.5. The number of carbonyl (C=O) groups is 1. The molecule has 134 valence electrons. The number of hydrogen-bond donors (Lipinski definition) is 1. The van der Waals surface area contributed by atoms with Crippen molar-refractivity contribution in [3.63, 3.8) is 0 Å². The molecular weight excluding hydrogens is 362 g/mol. The molecule has 1 N–H and O–H groups in total. The van der Waals surface area contributed by atoms with E-state index in [4.69, 9.17) is 8.94 Å². The molecule has 0 saturated heterocycles. The van der Waals surface area contributed by atoms with Crippen molar-refractivity contribution >= 4 is 29.0 Å². The highest BCUT2D eigenvalue weighted by Gasteiger charge is 2.13. The summed E-state index contributed by atoms with van der Waals surface area (Å²) in [4.78, 5) is 17.6. The predicted octanol–water partition coefficient (Wildman–Crippen LogP) is 4.63. The van der Waals surface area contributed by atoms with E-state index >= 15 is 0 Å². The Labute approximate surface area is 159 Å². The van der Waals surface area contributed by atoms with E-state index in [2.05, 4.69) is 15.5 Å². The lowest BCUT2D eigenvalue weighted by Gasteiger charge is -2.07. The summed E-state index contributed by atoms with van der Waals surface area (Å²) in [6, 6.07) is 14.9. The zero-order valence-electron chi connectivity index (χ0n) is 14.2. The molecule has 0 saturated carbocycles. The molecule has 0 atom stereocenters. The Morgan fingerprint density at radius 2 is 2.07 bits per heavy atom. The minimum absolute atomic E-state index is 0.197. The second-order valence-electron chi connectivity index (χ2n) is 5.66. The number of carbonyl (C=O) groups excluding carboxylic acids is 1. The van der Waals surface area contributed by atoms with Crippen LogP contribution in [0.15, 0.2) is 75.2 Å². The third-order valence-electron chi connectivity index (χ3n) is 3.77. The van der Waals surface area contributed by atoms with Crippen LogP contribution in [0.1, 0.15) is 16.3 Å². The van der Waals surface area contributed by atoms with Gasteiger partial charge in [0.2, 0.25) is 17.6 Å². The van der Waals surface area contributed by atoms with Gasteiger partial charge in [-0.2, -0.15) is 4.98 Å². The lowest BCUT2D eigenvalue weighted by molar-refractivity contribution is -0.111. The Kier molecular flexibility index (Phi) is 4.93. The molecule has 3 heterocycles. The number of aromatic nitrogens is 2. The number of nitrogens with zero attached hydrogens (tertiary/aromatic N) is 2. The standard InChI is InChI=1S/C20H15N3O3S/c24-18(10-9-15-6-4-12-27-15)21-16-7-2-1-5-14(16)13-19-22-20(23-26-19)17-8-3-11-25-17/h1-12H,13H2,(H,21,24)/b10-9+. The first-order valence-electron chi connectivity index (χ1n) is 8.25. The van der Waals surface area contributed by atoms with E-state index in [9.17, 15) is 4.79 Å². The number of anilines is 1. The molecule has 0 aliphatic rings. The van der Waals surface area contributed by atoms with Crippen LogP contribution in [0, 0.1) is 0 Å². The van der Waals surface area contributed by atoms with Crippen molar-refractivity contribution in [2.45, 2.75) is 6.42 Å². The normalized spacial score (nSPS) is 11.1. The predicted molar refractivity (Wildman–Crippen MR) is 103 cm³/mol. The highest BCUT2D eigenvalue weighted by atomic mass is 32.1. The van der Waals surface area contributed by atoms with Gasteiger partial charge in [0.25, 0.3) is 0 Å². The average Bonchev–Trinajstić information content (AvgIpc) is 3.44. The van der Waals surface area contributed by atoms with Gasteiger partial charge in [0, 0.05) is 16.6 Å². The Bertz CT molecular complexity index is 1050. The molecule has 7 heteroatoms. The Balaban J connectivity index is 1.47. The van der Waals surface area contributed by atoms with Gasteiger partial charge in [-0.05, 0) is 41.3 Å². The lowest BCUT2D eigenvalue weighted by atomic mass is 10.1. The first-order valence-corrected chi connectivity index (χ1v) is 9.13. The quantitative estimate of drug-likeness (QED) is 0.495. The fraction of sp³-hybridized carbons (Fsp3) is 0.0500. The minimum Gasteiger partial charge on any atom is -0.461 e. The topological polar surface area (TPSA) is 81.2 Å². The molecule has 6 nitrogen and oxygen atoms in total. The smallest absolute Gasteiger partial charge is 0.248 e. The number of hydrogen-bond acceptors (Lipinski definition) is 6. The summed E-state index contributed by atoms with van der Waals surface area (Å²) >= 11 is 1.58. The third kappa shape index (κ3) is 4.21. The molecule has 0 bridgehead atoms. The molecule has 0 radical (unpaired) electrons. The Hall–Kier alpha value is -3.45. The lowest BCUT2D eigenvalue weighted by Crippen LogP contribution is -2.10. The van der Waals surface area contributed by atoms with Crippen LogP contribution in [-0.4, -0.2) is 16.0 Å². The molecule has 0 spiro atoms. The monoisotopic (exact) mass is 377 g/mol. The van der Waals surface area contributed by atoms with E-state index in [-0.39, 0.29) is 5.91 Å². The molecule has 0 unspecified atom stereocenters. The molecule has 27 heavy (non-hydrogen) atoms. The molecule has 4 rings (SSSR count). The second kappa shape index (κ2) is 7.84. The molecular formula is C20H15N3O3S. The number of furan rings is 1. The molecule has 1 aromatic carbocycles. The largest absolute Gasteiger partial charge is 0.461 e. The van der Waals surface area contributed by atoms with Gasteiger partial charge < -0.3 is 14.3 Å². The van der Waals surface area contributed by atoms with E-state index in [1.54, 1.807) is 35.8 Å². The van der Waals surface area contributed by atoms with Crippen LogP contribution >= 0.6 is 11.3 Å². The average molecular weight is 377 g/mol. The van der Waals surface area contributed by atoms with Crippen molar-refractivity contribution in [1.29, 1.82) is 0 Å². The fourth-order valence-corrected chi connectivity index (χ4v) is 3.13. The number of para-hydroxylation sites is 1. The first-order chi connectivity index (χ1) is 13.3. The molecule has 3 aromatic heterocycles. The van der Waals surface area contributed by atoms with Crippen LogP contribution in [0.2, 0.25) is 0 Å². The van der Waals surface area contributed by atoms with Crippen LogP contribution in [0.25, 0.3) is 17.7 Å². The number of benzene rings is 1. The molecule has 1 amide bonds. The molecule has 0 fully saturated rings. The van der Waals surface area contributed by atoms with Crippen molar-refractivity contribution in [3.8, 4) is 11.6 Å². The SMILES string of the molecule is O=C(/C=C/c1cccs1)Nc1ccccc1Cc1nc(-c2ccco2)no1.